The summed E-state index contributed by atoms with van der Waals surface area (Å²) < 4.78 is 0. The molecule has 0 amide bonds. The highest BCUT2D eigenvalue weighted by molar-refractivity contribution is 7.80. The van der Waals surface area contributed by atoms with E-state index in [1.807, 2.05) is 0 Å². The zero-order chi connectivity index (χ0) is 7.40. The smallest absolute Gasteiger partial charge is 0.00433 e. The van der Waals surface area contributed by atoms with Crippen molar-refractivity contribution in [3.8, 4) is 0 Å². The molecule has 0 bridgehead atoms. The van der Waals surface area contributed by atoms with Gasteiger partial charge in [0.2, 0.25) is 0 Å². The van der Waals surface area contributed by atoms with Crippen LogP contribution >= 0.6 is 12.2 Å². The molecule has 0 aliphatic heterocycles. The van der Waals surface area contributed by atoms with Gasteiger partial charge in [0, 0.05) is 0 Å². The van der Waals surface area contributed by atoms with Crippen molar-refractivity contribution in [3.63, 3.8) is 0 Å². The van der Waals surface area contributed by atoms with Gasteiger partial charge in [0.05, 0.1) is 0 Å². The normalized spacial score (nSPS) is 29.3. The van der Waals surface area contributed by atoms with Gasteiger partial charge in [-0.3, -0.25) is 0 Å². The largest absolute Gasteiger partial charge is 0.0894 e. The van der Waals surface area contributed by atoms with Crippen molar-refractivity contribution in [2.75, 3.05) is 0 Å². The molecule has 0 nitrogen and oxygen atoms in total. The van der Waals surface area contributed by atoms with Crippen molar-refractivity contribution in [2.24, 2.45) is 5.92 Å². The van der Waals surface area contributed by atoms with Crippen LogP contribution in [0.1, 0.15) is 45.4 Å². The molecule has 0 saturated heterocycles. The van der Waals surface area contributed by atoms with Crippen LogP contribution in [0.5, 0.6) is 0 Å². The molecule has 0 aromatic heterocycles. The van der Waals surface area contributed by atoms with E-state index in [1.54, 1.807) is 0 Å². The summed E-state index contributed by atoms with van der Waals surface area (Å²) in [6, 6.07) is 0. The molecule has 0 aromatic rings. The Morgan fingerprint density at radius 3 is 2.70 bits per heavy atom. The molecule has 1 aliphatic carbocycles. The first-order valence-electron chi connectivity index (χ1n) is 4.33. The van der Waals surface area contributed by atoms with Gasteiger partial charge in [0.15, 0.2) is 0 Å². The summed E-state index contributed by atoms with van der Waals surface area (Å²) in [6.45, 7) is 2.27. The monoisotopic (exact) mass is 156 g/mol. The van der Waals surface area contributed by atoms with Crippen LogP contribution in [0.25, 0.3) is 0 Å². The first-order chi connectivity index (χ1) is 4.80. The van der Waals surface area contributed by atoms with Crippen molar-refractivity contribution in [1.29, 1.82) is 0 Å². The molecule has 0 heterocycles. The number of thiocarbonyl (C=S) groups is 1. The molecule has 1 saturated carbocycles. The van der Waals surface area contributed by atoms with Crippen LogP contribution in [0, 0.1) is 5.92 Å². The van der Waals surface area contributed by atoms with E-state index in [2.05, 4.69) is 6.92 Å². The Labute approximate surface area is 69.0 Å². The maximum Gasteiger partial charge on any atom is -0.00433 e. The third-order valence-corrected chi connectivity index (χ3v) is 2.97. The molecule has 0 radical (unpaired) electrons. The highest BCUT2D eigenvalue weighted by Gasteiger charge is 2.10. The fourth-order valence-corrected chi connectivity index (χ4v) is 1.77. The number of rotatable bonds is 0. The molecule has 10 heavy (non-hydrogen) atoms. The lowest BCUT2D eigenvalue weighted by Crippen LogP contribution is -2.10. The molecule has 58 valence electrons. The van der Waals surface area contributed by atoms with E-state index in [1.165, 1.54) is 43.4 Å². The van der Waals surface area contributed by atoms with E-state index in [0.717, 1.165) is 5.92 Å². The van der Waals surface area contributed by atoms with Gasteiger partial charge in [-0.25, -0.2) is 0 Å². The van der Waals surface area contributed by atoms with Gasteiger partial charge in [0.25, 0.3) is 0 Å². The van der Waals surface area contributed by atoms with Crippen LogP contribution in [0.4, 0.5) is 0 Å². The highest BCUT2D eigenvalue weighted by atomic mass is 32.1. The number of hydrogen-bond donors (Lipinski definition) is 0. The molecule has 1 unspecified atom stereocenters. The van der Waals surface area contributed by atoms with E-state index < -0.39 is 0 Å². The molecular weight excluding hydrogens is 140 g/mol. The van der Waals surface area contributed by atoms with E-state index in [0.29, 0.717) is 0 Å². The van der Waals surface area contributed by atoms with E-state index in [-0.39, 0.29) is 0 Å². The van der Waals surface area contributed by atoms with E-state index >= 15 is 0 Å². The topological polar surface area (TPSA) is 0 Å². The molecule has 0 aromatic carbocycles. The standard InChI is InChI=1S/C9H16S/c1-8-6-4-2-3-5-7-9(8)10/h8H,2-7H2,1H3. The van der Waals surface area contributed by atoms with Crippen LogP contribution in [0.15, 0.2) is 0 Å². The summed E-state index contributed by atoms with van der Waals surface area (Å²) in [4.78, 5) is 1.32. The van der Waals surface area contributed by atoms with Crippen molar-refractivity contribution >= 4 is 17.1 Å². The van der Waals surface area contributed by atoms with Gasteiger partial charge >= 0.3 is 0 Å². The second-order valence-electron chi connectivity index (χ2n) is 3.32. The van der Waals surface area contributed by atoms with Gasteiger partial charge in [-0.05, 0) is 30.0 Å². The van der Waals surface area contributed by atoms with Gasteiger partial charge in [0.1, 0.15) is 0 Å². The fourth-order valence-electron chi connectivity index (χ4n) is 1.51. The zero-order valence-electron chi connectivity index (χ0n) is 6.73. The highest BCUT2D eigenvalue weighted by Crippen LogP contribution is 2.19. The van der Waals surface area contributed by atoms with E-state index in [4.69, 9.17) is 12.2 Å². The molecule has 1 aliphatic rings. The maximum atomic E-state index is 5.28. The second kappa shape index (κ2) is 4.07. The Balaban J connectivity index is 2.35. The Hall–Kier alpha value is 0.0900. The summed E-state index contributed by atoms with van der Waals surface area (Å²) in [6.07, 6.45) is 8.08. The molecule has 0 N–H and O–H groups in total. The number of hydrogen-bond acceptors (Lipinski definition) is 1. The van der Waals surface area contributed by atoms with Gasteiger partial charge in [-0.1, -0.05) is 38.4 Å². The van der Waals surface area contributed by atoms with Crippen LogP contribution in [0.2, 0.25) is 0 Å². The van der Waals surface area contributed by atoms with Crippen molar-refractivity contribution in [1.82, 2.24) is 0 Å². The second-order valence-corrected chi connectivity index (χ2v) is 3.84. The summed E-state index contributed by atoms with van der Waals surface area (Å²) >= 11 is 5.28. The first-order valence-corrected chi connectivity index (χ1v) is 4.74. The van der Waals surface area contributed by atoms with Gasteiger partial charge in [-0.2, -0.15) is 0 Å². The lowest BCUT2D eigenvalue weighted by Gasteiger charge is -2.15. The Bertz CT molecular complexity index is 118. The molecule has 1 rings (SSSR count). The Morgan fingerprint density at radius 1 is 1.20 bits per heavy atom. The van der Waals surface area contributed by atoms with Crippen molar-refractivity contribution < 1.29 is 0 Å². The average molecular weight is 156 g/mol. The summed E-state index contributed by atoms with van der Waals surface area (Å²) in [7, 11) is 0. The van der Waals surface area contributed by atoms with Crippen LogP contribution in [-0.2, 0) is 0 Å². The van der Waals surface area contributed by atoms with Gasteiger partial charge < -0.3 is 0 Å². The Morgan fingerprint density at radius 2 is 1.90 bits per heavy atom. The summed E-state index contributed by atoms with van der Waals surface area (Å²) in [5.41, 5.74) is 0. The fraction of sp³-hybridized carbons (Fsp3) is 0.889. The maximum absolute atomic E-state index is 5.28. The quantitative estimate of drug-likeness (QED) is 0.485. The minimum absolute atomic E-state index is 0.718. The van der Waals surface area contributed by atoms with Crippen LogP contribution < -0.4 is 0 Å². The minimum Gasteiger partial charge on any atom is -0.0894 e. The lowest BCUT2D eigenvalue weighted by atomic mass is 9.92. The first kappa shape index (κ1) is 8.19. The lowest BCUT2D eigenvalue weighted by molar-refractivity contribution is 0.547. The zero-order valence-corrected chi connectivity index (χ0v) is 7.54. The minimum atomic E-state index is 0.718. The van der Waals surface area contributed by atoms with Crippen LogP contribution in [0.3, 0.4) is 0 Å². The van der Waals surface area contributed by atoms with Gasteiger partial charge in [-0.15, -0.1) is 0 Å². The predicted molar refractivity (Wildman–Crippen MR) is 49.5 cm³/mol. The SMILES string of the molecule is CC1CCCCCCC1=S. The van der Waals surface area contributed by atoms with E-state index in [9.17, 15) is 0 Å². The molecule has 1 heteroatoms. The molecular formula is C9H16S. The van der Waals surface area contributed by atoms with Crippen molar-refractivity contribution in [3.05, 3.63) is 0 Å². The molecule has 1 atom stereocenters. The third kappa shape index (κ3) is 2.37. The Kier molecular flexibility index (Phi) is 3.33. The molecule has 1 fully saturated rings. The van der Waals surface area contributed by atoms with Crippen LogP contribution in [-0.4, -0.2) is 4.86 Å². The summed E-state index contributed by atoms with van der Waals surface area (Å²) in [5.74, 6) is 0.718. The summed E-state index contributed by atoms with van der Waals surface area (Å²) in [5, 5.41) is 0. The predicted octanol–water partition coefficient (Wildman–Crippen LogP) is 3.35. The third-order valence-electron chi connectivity index (χ3n) is 2.36. The molecule has 0 spiro atoms. The van der Waals surface area contributed by atoms with Crippen molar-refractivity contribution in [2.45, 2.75) is 45.4 Å². The average Bonchev–Trinajstić information content (AvgIpc) is 1.92.